The van der Waals surface area contributed by atoms with Gasteiger partial charge in [-0.25, -0.2) is 9.97 Å². The normalized spacial score (nSPS) is 14.0. The van der Waals surface area contributed by atoms with E-state index in [1.165, 1.54) is 5.69 Å². The van der Waals surface area contributed by atoms with Crippen LogP contribution < -0.4 is 20.3 Å². The standard InChI is InChI=1S/C28H31N5O3S/c1-28(2,3)32-24(34)18-36-22-6-4-5-19(17-22)26-30-23-11-16-37-25(23)27(31-26)29-20-7-9-21(10-8-20)33-12-14-35-15-13-33/h4-11,16-17H,12-15,18H2,1-3H3,(H,32,34)(H,29,30,31). The van der Waals surface area contributed by atoms with Crippen LogP contribution in [0.15, 0.2) is 60.0 Å². The van der Waals surface area contributed by atoms with Crippen molar-refractivity contribution in [2.45, 2.75) is 26.3 Å². The van der Waals surface area contributed by atoms with Crippen LogP contribution in [-0.2, 0) is 9.53 Å². The lowest BCUT2D eigenvalue weighted by Crippen LogP contribution is -2.43. The van der Waals surface area contributed by atoms with Crippen LogP contribution in [0.5, 0.6) is 5.75 Å². The summed E-state index contributed by atoms with van der Waals surface area (Å²) in [5.74, 6) is 1.76. The zero-order valence-corrected chi connectivity index (χ0v) is 22.1. The molecule has 3 heterocycles. The van der Waals surface area contributed by atoms with Gasteiger partial charge in [-0.05, 0) is 68.6 Å². The first kappa shape index (κ1) is 25.0. The Bertz CT molecular complexity index is 1370. The lowest BCUT2D eigenvalue weighted by molar-refractivity contribution is -0.124. The van der Waals surface area contributed by atoms with Gasteiger partial charge in [-0.3, -0.25) is 4.79 Å². The minimum Gasteiger partial charge on any atom is -0.484 e. The summed E-state index contributed by atoms with van der Waals surface area (Å²) < 4.78 is 12.2. The van der Waals surface area contributed by atoms with Gasteiger partial charge in [0.15, 0.2) is 18.2 Å². The van der Waals surface area contributed by atoms with Crippen LogP contribution in [0, 0.1) is 0 Å². The Kier molecular flexibility index (Phi) is 7.25. The van der Waals surface area contributed by atoms with Gasteiger partial charge in [-0.15, -0.1) is 11.3 Å². The highest BCUT2D eigenvalue weighted by molar-refractivity contribution is 7.17. The van der Waals surface area contributed by atoms with E-state index in [2.05, 4.69) is 39.8 Å². The SMILES string of the molecule is CC(C)(C)NC(=O)COc1cccc(-c2nc(Nc3ccc(N4CCOCC4)cc3)c3sccc3n2)c1. The molecule has 5 rings (SSSR count). The summed E-state index contributed by atoms with van der Waals surface area (Å²) in [6.45, 7) is 9.09. The lowest BCUT2D eigenvalue weighted by Gasteiger charge is -2.28. The van der Waals surface area contributed by atoms with Gasteiger partial charge in [0.25, 0.3) is 5.91 Å². The molecule has 9 heteroatoms. The van der Waals surface area contributed by atoms with Crippen molar-refractivity contribution in [3.8, 4) is 17.1 Å². The average Bonchev–Trinajstić information content (AvgIpc) is 3.37. The van der Waals surface area contributed by atoms with Crippen LogP contribution in [0.25, 0.3) is 21.6 Å². The molecule has 0 saturated carbocycles. The van der Waals surface area contributed by atoms with Crippen molar-refractivity contribution in [1.29, 1.82) is 0 Å². The van der Waals surface area contributed by atoms with Crippen LogP contribution in [0.3, 0.4) is 0 Å². The molecule has 1 saturated heterocycles. The molecule has 2 N–H and O–H groups in total. The summed E-state index contributed by atoms with van der Waals surface area (Å²) in [6, 6.07) is 17.9. The summed E-state index contributed by atoms with van der Waals surface area (Å²) in [5, 5.41) is 8.40. The number of hydrogen-bond acceptors (Lipinski definition) is 8. The van der Waals surface area contributed by atoms with Gasteiger partial charge in [0.2, 0.25) is 0 Å². The molecule has 192 valence electrons. The number of nitrogens with zero attached hydrogens (tertiary/aromatic N) is 3. The monoisotopic (exact) mass is 517 g/mol. The number of nitrogens with one attached hydrogen (secondary N) is 2. The number of anilines is 3. The number of carbonyl (C=O) groups excluding carboxylic acids is 1. The molecular weight excluding hydrogens is 486 g/mol. The van der Waals surface area contributed by atoms with E-state index in [4.69, 9.17) is 19.4 Å². The van der Waals surface area contributed by atoms with Crippen molar-refractivity contribution in [2.24, 2.45) is 0 Å². The second kappa shape index (κ2) is 10.7. The van der Waals surface area contributed by atoms with Crippen LogP contribution in [0.1, 0.15) is 20.8 Å². The predicted octanol–water partition coefficient (Wildman–Crippen LogP) is 5.23. The fraction of sp³-hybridized carbons (Fsp3) is 0.321. The number of benzene rings is 2. The van der Waals surface area contributed by atoms with E-state index in [-0.39, 0.29) is 18.1 Å². The van der Waals surface area contributed by atoms with Crippen LogP contribution in [0.4, 0.5) is 17.2 Å². The first-order chi connectivity index (χ1) is 17.8. The smallest absolute Gasteiger partial charge is 0.258 e. The Balaban J connectivity index is 1.35. The minimum atomic E-state index is -0.307. The van der Waals surface area contributed by atoms with Crippen molar-refractivity contribution in [3.63, 3.8) is 0 Å². The maximum Gasteiger partial charge on any atom is 0.258 e. The molecule has 0 bridgehead atoms. The number of morpholine rings is 1. The number of rotatable bonds is 7. The topological polar surface area (TPSA) is 88.6 Å². The molecule has 4 aromatic rings. The largest absolute Gasteiger partial charge is 0.484 e. The molecule has 0 spiro atoms. The second-order valence-corrected chi connectivity index (χ2v) is 10.8. The van der Waals surface area contributed by atoms with E-state index in [0.717, 1.165) is 53.6 Å². The van der Waals surface area contributed by atoms with Crippen molar-refractivity contribution < 1.29 is 14.3 Å². The molecule has 1 amide bonds. The number of fused-ring (bicyclic) bond motifs is 1. The van der Waals surface area contributed by atoms with Gasteiger partial charge in [0.1, 0.15) is 5.75 Å². The van der Waals surface area contributed by atoms with E-state index in [0.29, 0.717) is 11.6 Å². The molecule has 1 fully saturated rings. The highest BCUT2D eigenvalue weighted by Crippen LogP contribution is 2.32. The molecule has 0 aliphatic carbocycles. The molecule has 1 aliphatic heterocycles. The van der Waals surface area contributed by atoms with E-state index in [1.807, 2.05) is 56.5 Å². The van der Waals surface area contributed by atoms with Crippen LogP contribution in [0.2, 0.25) is 0 Å². The van der Waals surface area contributed by atoms with E-state index < -0.39 is 0 Å². The molecule has 2 aromatic carbocycles. The zero-order valence-electron chi connectivity index (χ0n) is 21.3. The fourth-order valence-electron chi connectivity index (χ4n) is 4.12. The lowest BCUT2D eigenvalue weighted by atomic mass is 10.1. The number of hydrogen-bond donors (Lipinski definition) is 2. The number of aromatic nitrogens is 2. The molecular formula is C28H31N5O3S. The average molecular weight is 518 g/mol. The molecule has 8 nitrogen and oxygen atoms in total. The number of carbonyl (C=O) groups is 1. The summed E-state index contributed by atoms with van der Waals surface area (Å²) in [4.78, 5) is 24.1. The van der Waals surface area contributed by atoms with Crippen molar-refractivity contribution in [1.82, 2.24) is 15.3 Å². The Morgan fingerprint density at radius 2 is 1.86 bits per heavy atom. The van der Waals surface area contributed by atoms with Crippen LogP contribution in [-0.4, -0.2) is 54.3 Å². The zero-order chi connectivity index (χ0) is 25.8. The van der Waals surface area contributed by atoms with E-state index in [1.54, 1.807) is 11.3 Å². The minimum absolute atomic E-state index is 0.0571. The predicted molar refractivity (Wildman–Crippen MR) is 149 cm³/mol. The summed E-state index contributed by atoms with van der Waals surface area (Å²) >= 11 is 1.60. The van der Waals surface area contributed by atoms with Gasteiger partial charge in [-0.2, -0.15) is 0 Å². The first-order valence-electron chi connectivity index (χ1n) is 12.3. The van der Waals surface area contributed by atoms with Crippen molar-refractivity contribution in [2.75, 3.05) is 43.1 Å². The third-order valence-electron chi connectivity index (χ3n) is 5.79. The molecule has 1 aliphatic rings. The summed E-state index contributed by atoms with van der Waals surface area (Å²) in [6.07, 6.45) is 0. The Morgan fingerprint density at radius 3 is 2.62 bits per heavy atom. The molecule has 0 unspecified atom stereocenters. The maximum absolute atomic E-state index is 12.2. The Morgan fingerprint density at radius 1 is 1.08 bits per heavy atom. The van der Waals surface area contributed by atoms with Crippen molar-refractivity contribution >= 4 is 44.7 Å². The number of ether oxygens (including phenoxy) is 2. The third-order valence-corrected chi connectivity index (χ3v) is 6.70. The molecule has 0 radical (unpaired) electrons. The summed E-state index contributed by atoms with van der Waals surface area (Å²) in [5.41, 5.74) is 3.52. The number of thiophene rings is 1. The quantitative estimate of drug-likeness (QED) is 0.347. The first-order valence-corrected chi connectivity index (χ1v) is 13.2. The van der Waals surface area contributed by atoms with Crippen LogP contribution >= 0.6 is 11.3 Å². The molecule has 0 atom stereocenters. The van der Waals surface area contributed by atoms with E-state index >= 15 is 0 Å². The second-order valence-electron chi connectivity index (χ2n) is 9.92. The maximum atomic E-state index is 12.2. The highest BCUT2D eigenvalue weighted by Gasteiger charge is 2.16. The van der Waals surface area contributed by atoms with Gasteiger partial charge < -0.3 is 25.0 Å². The van der Waals surface area contributed by atoms with Gasteiger partial charge >= 0.3 is 0 Å². The fourth-order valence-corrected chi connectivity index (χ4v) is 4.90. The Hall–Kier alpha value is -3.69. The molecule has 37 heavy (non-hydrogen) atoms. The Labute approximate surface area is 220 Å². The third kappa shape index (κ3) is 6.36. The highest BCUT2D eigenvalue weighted by atomic mass is 32.1. The van der Waals surface area contributed by atoms with Gasteiger partial charge in [0.05, 0.1) is 23.4 Å². The molecule has 2 aromatic heterocycles. The van der Waals surface area contributed by atoms with Crippen molar-refractivity contribution in [3.05, 3.63) is 60.0 Å². The number of amides is 1. The van der Waals surface area contributed by atoms with E-state index in [9.17, 15) is 4.79 Å². The summed E-state index contributed by atoms with van der Waals surface area (Å²) in [7, 11) is 0. The van der Waals surface area contributed by atoms with Gasteiger partial charge in [-0.1, -0.05) is 12.1 Å². The van der Waals surface area contributed by atoms with Gasteiger partial charge in [0, 0.05) is 35.6 Å².